The molecule has 3 nitrogen and oxygen atoms in total. The van der Waals surface area contributed by atoms with Crippen LogP contribution < -0.4 is 5.32 Å². The Kier molecular flexibility index (Phi) is 6.11. The second kappa shape index (κ2) is 7.61. The predicted molar refractivity (Wildman–Crippen MR) is 78.4 cm³/mol. The quantitative estimate of drug-likeness (QED) is 0.752. The first-order valence-electron chi connectivity index (χ1n) is 8.18. The van der Waals surface area contributed by atoms with Crippen LogP contribution in [0.25, 0.3) is 0 Å². The van der Waals surface area contributed by atoms with Gasteiger partial charge in [0.25, 0.3) is 0 Å². The highest BCUT2D eigenvalue weighted by molar-refractivity contribution is 4.90. The maximum Gasteiger partial charge on any atom is 0.0729 e. The molecule has 0 aliphatic carbocycles. The van der Waals surface area contributed by atoms with Crippen LogP contribution in [0.2, 0.25) is 0 Å². The molecule has 0 radical (unpaired) electrons. The first kappa shape index (κ1) is 15.3. The van der Waals surface area contributed by atoms with Gasteiger partial charge in [0.2, 0.25) is 0 Å². The largest absolute Gasteiger partial charge is 0.381 e. The third kappa shape index (κ3) is 4.44. The molecule has 2 aliphatic heterocycles. The Morgan fingerprint density at radius 3 is 2.74 bits per heavy atom. The highest BCUT2D eigenvalue weighted by Gasteiger charge is 2.40. The van der Waals surface area contributed by atoms with Crippen molar-refractivity contribution in [1.82, 2.24) is 5.32 Å². The SMILES string of the molecule is CCCNCCC(C)C1CCOC2(CCOCC2)C1. The van der Waals surface area contributed by atoms with Gasteiger partial charge in [-0.2, -0.15) is 0 Å². The zero-order valence-corrected chi connectivity index (χ0v) is 12.7. The highest BCUT2D eigenvalue weighted by Crippen LogP contribution is 2.40. The van der Waals surface area contributed by atoms with Gasteiger partial charge in [-0.25, -0.2) is 0 Å². The molecule has 2 unspecified atom stereocenters. The Labute approximate surface area is 118 Å². The van der Waals surface area contributed by atoms with Gasteiger partial charge in [-0.15, -0.1) is 0 Å². The summed E-state index contributed by atoms with van der Waals surface area (Å²) in [5, 5.41) is 3.52. The molecule has 2 fully saturated rings. The third-order valence-electron chi connectivity index (χ3n) is 4.94. The van der Waals surface area contributed by atoms with Crippen molar-refractivity contribution in [3.05, 3.63) is 0 Å². The summed E-state index contributed by atoms with van der Waals surface area (Å²) in [5.41, 5.74) is 0.159. The summed E-state index contributed by atoms with van der Waals surface area (Å²) in [6, 6.07) is 0. The molecule has 2 rings (SSSR count). The zero-order chi connectivity index (χ0) is 13.6. The van der Waals surface area contributed by atoms with E-state index in [0.717, 1.165) is 51.0 Å². The predicted octanol–water partition coefficient (Wildman–Crippen LogP) is 2.99. The van der Waals surface area contributed by atoms with Crippen LogP contribution in [0, 0.1) is 11.8 Å². The molecule has 0 bridgehead atoms. The minimum absolute atomic E-state index is 0.159. The fraction of sp³-hybridized carbons (Fsp3) is 1.00. The number of hydrogen-bond donors (Lipinski definition) is 1. The maximum atomic E-state index is 6.13. The molecule has 2 saturated heterocycles. The Bertz CT molecular complexity index is 246. The van der Waals surface area contributed by atoms with E-state index in [0.29, 0.717) is 0 Å². The fourth-order valence-electron chi connectivity index (χ4n) is 3.51. The molecule has 0 aromatic heterocycles. The lowest BCUT2D eigenvalue weighted by Crippen LogP contribution is -2.45. The summed E-state index contributed by atoms with van der Waals surface area (Å²) in [7, 11) is 0. The minimum Gasteiger partial charge on any atom is -0.381 e. The van der Waals surface area contributed by atoms with Gasteiger partial charge in [-0.3, -0.25) is 0 Å². The molecule has 112 valence electrons. The number of ether oxygens (including phenoxy) is 2. The van der Waals surface area contributed by atoms with Crippen LogP contribution in [0.1, 0.15) is 52.4 Å². The lowest BCUT2D eigenvalue weighted by atomic mass is 9.75. The highest BCUT2D eigenvalue weighted by atomic mass is 16.5. The summed E-state index contributed by atoms with van der Waals surface area (Å²) in [6.07, 6.45) is 7.24. The molecule has 0 aromatic carbocycles. The summed E-state index contributed by atoms with van der Waals surface area (Å²) < 4.78 is 11.6. The van der Waals surface area contributed by atoms with Crippen LogP contribution in [-0.2, 0) is 9.47 Å². The Morgan fingerprint density at radius 2 is 2.00 bits per heavy atom. The van der Waals surface area contributed by atoms with Crippen LogP contribution in [0.4, 0.5) is 0 Å². The average Bonchev–Trinajstić information content (AvgIpc) is 2.44. The van der Waals surface area contributed by atoms with Crippen molar-refractivity contribution in [2.75, 3.05) is 32.9 Å². The van der Waals surface area contributed by atoms with Crippen LogP contribution in [0.15, 0.2) is 0 Å². The molecule has 3 heteroatoms. The second-order valence-corrected chi connectivity index (χ2v) is 6.41. The smallest absolute Gasteiger partial charge is 0.0729 e. The first-order valence-corrected chi connectivity index (χ1v) is 8.18. The van der Waals surface area contributed by atoms with E-state index in [1.54, 1.807) is 0 Å². The average molecular weight is 269 g/mol. The van der Waals surface area contributed by atoms with Crippen molar-refractivity contribution in [2.24, 2.45) is 11.8 Å². The first-order chi connectivity index (χ1) is 9.26. The molecular weight excluding hydrogens is 238 g/mol. The van der Waals surface area contributed by atoms with Crippen molar-refractivity contribution in [3.63, 3.8) is 0 Å². The topological polar surface area (TPSA) is 30.5 Å². The van der Waals surface area contributed by atoms with Crippen molar-refractivity contribution in [1.29, 1.82) is 0 Å². The molecule has 2 atom stereocenters. The van der Waals surface area contributed by atoms with E-state index < -0.39 is 0 Å². The minimum atomic E-state index is 0.159. The van der Waals surface area contributed by atoms with E-state index in [-0.39, 0.29) is 5.60 Å². The van der Waals surface area contributed by atoms with E-state index >= 15 is 0 Å². The van der Waals surface area contributed by atoms with Crippen LogP contribution in [0.5, 0.6) is 0 Å². The number of rotatable bonds is 6. The summed E-state index contributed by atoms with van der Waals surface area (Å²) in [4.78, 5) is 0. The maximum absolute atomic E-state index is 6.13. The van der Waals surface area contributed by atoms with Gasteiger partial charge < -0.3 is 14.8 Å². The van der Waals surface area contributed by atoms with Crippen molar-refractivity contribution < 1.29 is 9.47 Å². The van der Waals surface area contributed by atoms with E-state index in [4.69, 9.17) is 9.47 Å². The van der Waals surface area contributed by atoms with Crippen molar-refractivity contribution in [2.45, 2.75) is 58.0 Å². The molecule has 0 amide bonds. The Hall–Kier alpha value is -0.120. The van der Waals surface area contributed by atoms with Gasteiger partial charge in [0.05, 0.1) is 5.60 Å². The molecule has 19 heavy (non-hydrogen) atoms. The van der Waals surface area contributed by atoms with Gasteiger partial charge in [0, 0.05) is 19.8 Å². The van der Waals surface area contributed by atoms with Gasteiger partial charge in [0.15, 0.2) is 0 Å². The monoisotopic (exact) mass is 269 g/mol. The van der Waals surface area contributed by atoms with E-state index in [1.165, 1.54) is 32.2 Å². The second-order valence-electron chi connectivity index (χ2n) is 6.41. The fourth-order valence-corrected chi connectivity index (χ4v) is 3.51. The molecule has 0 saturated carbocycles. The van der Waals surface area contributed by atoms with Gasteiger partial charge >= 0.3 is 0 Å². The Balaban J connectivity index is 1.76. The van der Waals surface area contributed by atoms with Gasteiger partial charge in [-0.1, -0.05) is 13.8 Å². The molecule has 1 N–H and O–H groups in total. The summed E-state index contributed by atoms with van der Waals surface area (Å²) >= 11 is 0. The molecule has 2 aliphatic rings. The Morgan fingerprint density at radius 1 is 1.21 bits per heavy atom. The van der Waals surface area contributed by atoms with Crippen molar-refractivity contribution >= 4 is 0 Å². The number of hydrogen-bond acceptors (Lipinski definition) is 3. The number of nitrogens with one attached hydrogen (secondary N) is 1. The molecule has 2 heterocycles. The van der Waals surface area contributed by atoms with Crippen LogP contribution >= 0.6 is 0 Å². The normalized spacial score (nSPS) is 28.4. The third-order valence-corrected chi connectivity index (χ3v) is 4.94. The van der Waals surface area contributed by atoms with E-state index in [9.17, 15) is 0 Å². The van der Waals surface area contributed by atoms with Crippen molar-refractivity contribution in [3.8, 4) is 0 Å². The lowest BCUT2D eigenvalue weighted by molar-refractivity contribution is -0.152. The molecule has 0 aromatic rings. The van der Waals surface area contributed by atoms with Gasteiger partial charge in [0.1, 0.15) is 0 Å². The summed E-state index contributed by atoms with van der Waals surface area (Å²) in [6.45, 7) is 9.71. The van der Waals surface area contributed by atoms with Gasteiger partial charge in [-0.05, 0) is 63.5 Å². The molecule has 1 spiro atoms. The summed E-state index contributed by atoms with van der Waals surface area (Å²) in [5.74, 6) is 1.66. The van der Waals surface area contributed by atoms with E-state index in [1.807, 2.05) is 0 Å². The van der Waals surface area contributed by atoms with Crippen LogP contribution in [0.3, 0.4) is 0 Å². The lowest BCUT2D eigenvalue weighted by Gasteiger charge is -2.45. The zero-order valence-electron chi connectivity index (χ0n) is 12.7. The van der Waals surface area contributed by atoms with E-state index in [2.05, 4.69) is 19.2 Å². The standard InChI is InChI=1S/C16H31NO2/c1-3-8-17-9-4-14(2)15-5-10-19-16(13-15)6-11-18-12-7-16/h14-15,17H,3-13H2,1-2H3. The van der Waals surface area contributed by atoms with Crippen LogP contribution in [-0.4, -0.2) is 38.5 Å². The molecular formula is C16H31NO2.